The predicted octanol–water partition coefficient (Wildman–Crippen LogP) is 2.55. The van der Waals surface area contributed by atoms with Gasteiger partial charge >= 0.3 is 0 Å². The van der Waals surface area contributed by atoms with E-state index < -0.39 is 29.6 Å². The summed E-state index contributed by atoms with van der Waals surface area (Å²) in [4.78, 5) is 56.0. The van der Waals surface area contributed by atoms with Gasteiger partial charge in [0.1, 0.15) is 17.3 Å². The Balaban J connectivity index is 0.779. The molecule has 0 radical (unpaired) electrons. The van der Waals surface area contributed by atoms with Crippen molar-refractivity contribution in [3.63, 3.8) is 0 Å². The summed E-state index contributed by atoms with van der Waals surface area (Å²) in [6, 6.07) is 15.3. The van der Waals surface area contributed by atoms with E-state index in [9.17, 15) is 23.5 Å². The fourth-order valence-electron chi connectivity index (χ4n) is 5.85. The van der Waals surface area contributed by atoms with Crippen LogP contribution in [0.2, 0.25) is 0 Å². The monoisotopic (exact) mass is 755 g/mol. The lowest BCUT2D eigenvalue weighted by Crippen LogP contribution is -2.47. The molecule has 0 saturated carbocycles. The molecule has 2 amide bonds. The van der Waals surface area contributed by atoms with Gasteiger partial charge in [-0.05, 0) is 54.1 Å². The van der Waals surface area contributed by atoms with Crippen LogP contribution in [-0.4, -0.2) is 91.8 Å². The minimum atomic E-state index is -2.17. The van der Waals surface area contributed by atoms with Crippen LogP contribution < -0.4 is 36.3 Å². The molecule has 2 saturated heterocycles. The quantitative estimate of drug-likeness (QED) is 0.0916. The van der Waals surface area contributed by atoms with Crippen LogP contribution in [-0.2, 0) is 35.3 Å². The van der Waals surface area contributed by atoms with Crippen molar-refractivity contribution < 1.29 is 57.1 Å². The fourth-order valence-corrected chi connectivity index (χ4v) is 5.85. The number of aromatic amines is 1. The smallest absolute Gasteiger partial charge is 0.282 e. The van der Waals surface area contributed by atoms with Gasteiger partial charge in [-0.1, -0.05) is 11.7 Å². The second-order valence-corrected chi connectivity index (χ2v) is 12.4. The average Bonchev–Trinajstić information content (AvgIpc) is 3.92. The Hall–Kier alpha value is -5.12. The summed E-state index contributed by atoms with van der Waals surface area (Å²) in [5, 5.41) is 22.7. The van der Waals surface area contributed by atoms with Gasteiger partial charge < -0.3 is 45.2 Å². The Kier molecular flexibility index (Phi) is 11.7. The topological polar surface area (TPSA) is 189 Å². The molecule has 17 nitrogen and oxygen atoms in total. The summed E-state index contributed by atoms with van der Waals surface area (Å²) in [6.45, 7) is 2.67. The number of fused-ring (bicyclic) bond motifs is 2. The number of H-pyrrole nitrogens is 1. The van der Waals surface area contributed by atoms with Crippen molar-refractivity contribution in [2.75, 3.05) is 63.0 Å². The lowest BCUT2D eigenvalue weighted by atomic mass is 10.1. The van der Waals surface area contributed by atoms with E-state index in [0.717, 1.165) is 23.9 Å². The molecule has 54 heavy (non-hydrogen) atoms. The maximum Gasteiger partial charge on any atom is 0.282 e. The molecule has 1 aromatic heterocycles. The first kappa shape index (κ1) is 37.2. The number of benzene rings is 3. The van der Waals surface area contributed by atoms with Crippen molar-refractivity contribution in [3.05, 3.63) is 83.6 Å². The summed E-state index contributed by atoms with van der Waals surface area (Å²) >= 11 is 0. The van der Waals surface area contributed by atoms with Gasteiger partial charge in [0.25, 0.3) is 17.6 Å². The number of nitrogens with zero attached hydrogens (tertiary/aromatic N) is 2. The number of aliphatic hydroxyl groups is 1. The number of ether oxygens (including phenoxy) is 2. The largest absolute Gasteiger partial charge is 0.380 e. The number of rotatable bonds is 16. The number of hydrogen-bond donors (Lipinski definition) is 6. The molecule has 0 bridgehead atoms. The second-order valence-electron chi connectivity index (χ2n) is 12.4. The van der Waals surface area contributed by atoms with Gasteiger partial charge in [0.05, 0.1) is 56.2 Å². The Morgan fingerprint density at radius 1 is 0.963 bits per heavy atom. The molecule has 2 atom stereocenters. The molecule has 2 unspecified atom stereocenters. The lowest BCUT2D eigenvalue weighted by Gasteiger charge is -2.26. The van der Waals surface area contributed by atoms with Crippen LogP contribution in [0.5, 0.6) is 11.5 Å². The highest BCUT2D eigenvalue weighted by atomic mass is 19.1. The molecule has 3 aromatic carbocycles. The summed E-state index contributed by atoms with van der Waals surface area (Å²) in [5.74, 6) is -3.77. The Bertz CT molecular complexity index is 1930. The fraction of sp³-hybridized carbons (Fsp3) is 0.371. The Labute approximate surface area is 307 Å². The SMILES string of the molecule is O=C(NCCOCCOCCNc1cccc2c1ON(C1CCONO1)O2)c1cc2cc(N3CCC(O)(C(=O)NCc4cc(F)cc(F)c4)O3)ccc2[nH]1. The van der Waals surface area contributed by atoms with Crippen molar-refractivity contribution >= 4 is 34.1 Å². The maximum atomic E-state index is 13.5. The van der Waals surface area contributed by atoms with Gasteiger partial charge in [-0.2, -0.15) is 0 Å². The van der Waals surface area contributed by atoms with E-state index in [2.05, 4.69) is 26.6 Å². The molecule has 6 N–H and O–H groups in total. The van der Waals surface area contributed by atoms with Crippen molar-refractivity contribution in [2.24, 2.45) is 0 Å². The molecule has 7 rings (SSSR count). The van der Waals surface area contributed by atoms with Crippen LogP contribution in [0.3, 0.4) is 0 Å². The van der Waals surface area contributed by atoms with Crippen LogP contribution in [0.25, 0.3) is 10.9 Å². The number of nitrogens with one attached hydrogen (secondary N) is 5. The predicted molar refractivity (Wildman–Crippen MR) is 185 cm³/mol. The number of halogens is 2. The average molecular weight is 756 g/mol. The molecule has 4 aromatic rings. The molecule has 2 fully saturated rings. The standard InChI is InChI=1S/C35H39F2N7O10/c36-24-16-22(17-25(37)20-24)21-40-34(46)35(47)7-10-43(54-35)26-4-5-27-23(18-26)19-29(41-27)33(45)39-9-13-49-15-14-48-12-8-38-28-2-1-3-30-32(28)53-44(52-30)31-6-11-50-42-51-31/h1-5,16-20,31,38,41-42,47H,6-15,21H2,(H,39,45)(H,40,46). The zero-order valence-electron chi connectivity index (χ0n) is 28.9. The molecule has 0 spiro atoms. The normalized spacial score (nSPS) is 19.7. The van der Waals surface area contributed by atoms with E-state index in [1.54, 1.807) is 30.3 Å². The van der Waals surface area contributed by atoms with Gasteiger partial charge in [-0.3, -0.25) is 24.3 Å². The summed E-state index contributed by atoms with van der Waals surface area (Å²) in [7, 11) is 0. The summed E-state index contributed by atoms with van der Waals surface area (Å²) in [5.41, 5.74) is 4.90. The minimum absolute atomic E-state index is 0.0474. The molecular formula is C35H39F2N7O10. The zero-order valence-corrected chi connectivity index (χ0v) is 28.9. The minimum Gasteiger partial charge on any atom is -0.380 e. The van der Waals surface area contributed by atoms with Crippen molar-refractivity contribution in [2.45, 2.75) is 31.4 Å². The highest BCUT2D eigenvalue weighted by Crippen LogP contribution is 2.41. The van der Waals surface area contributed by atoms with Gasteiger partial charge in [-0.15, -0.1) is 0 Å². The number of anilines is 2. The van der Waals surface area contributed by atoms with Crippen LogP contribution in [0.15, 0.2) is 60.7 Å². The number of carbonyl (C=O) groups excluding carboxylic acids is 2. The number of amides is 2. The number of carbonyl (C=O) groups is 2. The van der Waals surface area contributed by atoms with E-state index >= 15 is 0 Å². The van der Waals surface area contributed by atoms with Crippen molar-refractivity contribution in [1.29, 1.82) is 0 Å². The molecule has 288 valence electrons. The molecule has 19 heteroatoms. The lowest BCUT2D eigenvalue weighted by molar-refractivity contribution is -0.376. The van der Waals surface area contributed by atoms with Gasteiger partial charge in [0.15, 0.2) is 5.75 Å². The van der Waals surface area contributed by atoms with Gasteiger partial charge in [-0.25, -0.2) is 13.6 Å². The summed E-state index contributed by atoms with van der Waals surface area (Å²) in [6.07, 6.45) is 0.0445. The van der Waals surface area contributed by atoms with E-state index in [1.165, 1.54) is 10.3 Å². The van der Waals surface area contributed by atoms with Crippen LogP contribution in [0, 0.1) is 11.6 Å². The van der Waals surface area contributed by atoms with Crippen molar-refractivity contribution in [3.8, 4) is 11.5 Å². The zero-order chi connectivity index (χ0) is 37.5. The molecule has 3 aliphatic rings. The maximum absolute atomic E-state index is 13.5. The first-order valence-corrected chi connectivity index (χ1v) is 17.3. The highest BCUT2D eigenvalue weighted by molar-refractivity contribution is 5.98. The van der Waals surface area contributed by atoms with Crippen LogP contribution >= 0.6 is 0 Å². The third-order valence-electron chi connectivity index (χ3n) is 8.54. The number of para-hydroxylation sites is 1. The number of hydrogen-bond acceptors (Lipinski definition) is 14. The van der Waals surface area contributed by atoms with E-state index in [4.69, 9.17) is 33.7 Å². The van der Waals surface area contributed by atoms with Gasteiger partial charge in [0, 0.05) is 49.4 Å². The molecular weight excluding hydrogens is 716 g/mol. The Morgan fingerprint density at radius 3 is 2.57 bits per heavy atom. The molecule has 4 heterocycles. The van der Waals surface area contributed by atoms with E-state index in [-0.39, 0.29) is 44.1 Å². The van der Waals surface area contributed by atoms with Crippen molar-refractivity contribution in [1.82, 2.24) is 26.5 Å². The second kappa shape index (κ2) is 16.9. The van der Waals surface area contributed by atoms with E-state index in [1.807, 2.05) is 12.1 Å². The number of aromatic nitrogens is 1. The summed E-state index contributed by atoms with van der Waals surface area (Å²) < 4.78 is 38.2. The van der Waals surface area contributed by atoms with Crippen LogP contribution in [0.1, 0.15) is 28.9 Å². The third-order valence-corrected chi connectivity index (χ3v) is 8.54. The Morgan fingerprint density at radius 2 is 1.78 bits per heavy atom. The first-order chi connectivity index (χ1) is 26.2. The highest BCUT2D eigenvalue weighted by Gasteiger charge is 2.45. The van der Waals surface area contributed by atoms with Gasteiger partial charge in [0.2, 0.25) is 12.0 Å². The van der Waals surface area contributed by atoms with E-state index in [0.29, 0.717) is 73.2 Å². The molecule has 3 aliphatic heterocycles. The number of hydroxylamine groups is 3. The first-order valence-electron chi connectivity index (χ1n) is 17.3. The third kappa shape index (κ3) is 8.97. The van der Waals surface area contributed by atoms with Crippen LogP contribution in [0.4, 0.5) is 20.2 Å². The molecule has 0 aliphatic carbocycles.